The van der Waals surface area contributed by atoms with E-state index >= 15 is 0 Å². The highest BCUT2D eigenvalue weighted by Crippen LogP contribution is 2.37. The van der Waals surface area contributed by atoms with Gasteiger partial charge in [-0.3, -0.25) is 19.3 Å². The smallest absolute Gasteiger partial charge is 0.312 e. The van der Waals surface area contributed by atoms with E-state index in [0.29, 0.717) is 31.5 Å². The maximum Gasteiger partial charge on any atom is 0.312 e. The highest BCUT2D eigenvalue weighted by atomic mass is 16.4. The second-order valence-electron chi connectivity index (χ2n) is 6.27. The molecule has 1 saturated heterocycles. The average molecular weight is 354 g/mol. The van der Waals surface area contributed by atoms with E-state index in [1.54, 1.807) is 19.3 Å². The largest absolute Gasteiger partial charge is 0.483 e. The third-order valence-corrected chi connectivity index (χ3v) is 4.66. The molecule has 0 spiro atoms. The number of rotatable bonds is 5. The fourth-order valence-electron chi connectivity index (χ4n) is 3.29. The lowest BCUT2D eigenvalue weighted by molar-refractivity contribution is -0.164. The molecule has 0 radical (unpaired) electrons. The monoisotopic (exact) mass is 354 g/mol. The summed E-state index contributed by atoms with van der Waals surface area (Å²) < 4.78 is 1.52. The number of piperidine rings is 1. The Kier molecular flexibility index (Phi) is 7.79. The molecule has 2 atom stereocenters. The van der Waals surface area contributed by atoms with Gasteiger partial charge in [-0.2, -0.15) is 0 Å². The van der Waals surface area contributed by atoms with E-state index in [2.05, 4.69) is 0 Å². The van der Waals surface area contributed by atoms with Crippen molar-refractivity contribution in [1.82, 2.24) is 9.47 Å². The number of hydrogen-bond donors (Lipinski definition) is 3. The standard InChI is InChI=1S/C16H24N2O4.CH2O2/c1-3-6-16(15(21)22)7-9-18(11-13(16)19)10-12-5-4-8-17(2)14(12)20;2-1-3/h4-5,8,13,19H,3,6-7,9-11H2,1-2H3,(H,21,22);1H,(H,2,3)/t13-,16-;/m0./s1. The van der Waals surface area contributed by atoms with Crippen LogP contribution in [-0.4, -0.2) is 56.4 Å². The summed E-state index contributed by atoms with van der Waals surface area (Å²) in [5.74, 6) is -0.919. The number of carboxylic acids is 1. The number of nitrogens with zero attached hydrogens (tertiary/aromatic N) is 2. The Morgan fingerprint density at radius 2 is 2.12 bits per heavy atom. The third kappa shape index (κ3) is 4.90. The molecule has 8 nitrogen and oxygen atoms in total. The van der Waals surface area contributed by atoms with E-state index < -0.39 is 17.5 Å². The zero-order chi connectivity index (χ0) is 19.0. The molecular formula is C17H26N2O6. The van der Waals surface area contributed by atoms with E-state index in [-0.39, 0.29) is 18.6 Å². The predicted octanol–water partition coefficient (Wildman–Crippen LogP) is 0.524. The third-order valence-electron chi connectivity index (χ3n) is 4.66. The summed E-state index contributed by atoms with van der Waals surface area (Å²) in [4.78, 5) is 34.0. The number of carbonyl (C=O) groups is 2. The van der Waals surface area contributed by atoms with Crippen molar-refractivity contribution in [2.75, 3.05) is 13.1 Å². The van der Waals surface area contributed by atoms with Gasteiger partial charge in [-0.05, 0) is 25.5 Å². The van der Waals surface area contributed by atoms with Crippen LogP contribution in [0.15, 0.2) is 23.1 Å². The van der Waals surface area contributed by atoms with Crippen LogP contribution >= 0.6 is 0 Å². The molecule has 1 aromatic rings. The van der Waals surface area contributed by atoms with E-state index in [1.165, 1.54) is 4.57 Å². The number of likely N-dealkylation sites (tertiary alicyclic amines) is 1. The van der Waals surface area contributed by atoms with Crippen LogP contribution in [0.2, 0.25) is 0 Å². The molecule has 3 N–H and O–H groups in total. The van der Waals surface area contributed by atoms with Gasteiger partial charge in [-0.25, -0.2) is 0 Å². The van der Waals surface area contributed by atoms with Crippen molar-refractivity contribution in [2.45, 2.75) is 38.8 Å². The van der Waals surface area contributed by atoms with Gasteiger partial charge in [0.05, 0.1) is 11.5 Å². The van der Waals surface area contributed by atoms with E-state index in [9.17, 15) is 19.8 Å². The van der Waals surface area contributed by atoms with Crippen LogP contribution in [0.1, 0.15) is 31.7 Å². The van der Waals surface area contributed by atoms with Crippen LogP contribution in [0.3, 0.4) is 0 Å². The Balaban J connectivity index is 0.000000970. The Hall–Kier alpha value is -2.19. The zero-order valence-corrected chi connectivity index (χ0v) is 14.6. The summed E-state index contributed by atoms with van der Waals surface area (Å²) in [6, 6.07) is 3.59. The van der Waals surface area contributed by atoms with Crippen molar-refractivity contribution >= 4 is 12.4 Å². The Morgan fingerprint density at radius 3 is 2.64 bits per heavy atom. The van der Waals surface area contributed by atoms with Gasteiger partial charge >= 0.3 is 5.97 Å². The number of pyridine rings is 1. The summed E-state index contributed by atoms with van der Waals surface area (Å²) in [5.41, 5.74) is -0.441. The first kappa shape index (κ1) is 20.9. The Labute approximate surface area is 146 Å². The summed E-state index contributed by atoms with van der Waals surface area (Å²) in [7, 11) is 1.70. The molecule has 2 heterocycles. The number of carboxylic acid groups (broad SMARTS) is 2. The lowest BCUT2D eigenvalue weighted by atomic mass is 9.73. The van der Waals surface area contributed by atoms with Gasteiger partial charge in [0, 0.05) is 31.9 Å². The Bertz CT molecular complexity index is 644. The summed E-state index contributed by atoms with van der Waals surface area (Å²) >= 11 is 0. The van der Waals surface area contributed by atoms with Gasteiger partial charge in [0.1, 0.15) is 0 Å². The van der Waals surface area contributed by atoms with Crippen LogP contribution < -0.4 is 5.56 Å². The molecule has 0 bridgehead atoms. The number of aromatic nitrogens is 1. The van der Waals surface area contributed by atoms with E-state index in [4.69, 9.17) is 9.90 Å². The minimum absolute atomic E-state index is 0.0550. The van der Waals surface area contributed by atoms with Crippen molar-refractivity contribution in [1.29, 1.82) is 0 Å². The molecule has 1 aliphatic rings. The molecule has 0 unspecified atom stereocenters. The first-order chi connectivity index (χ1) is 11.8. The second-order valence-corrected chi connectivity index (χ2v) is 6.27. The maximum atomic E-state index is 12.0. The normalized spacial score (nSPS) is 23.4. The molecule has 1 fully saturated rings. The van der Waals surface area contributed by atoms with Crippen molar-refractivity contribution in [2.24, 2.45) is 12.5 Å². The van der Waals surface area contributed by atoms with Crippen molar-refractivity contribution < 1.29 is 24.9 Å². The molecule has 0 saturated carbocycles. The molecule has 2 rings (SSSR count). The number of aliphatic carboxylic acids is 1. The first-order valence-electron chi connectivity index (χ1n) is 8.18. The summed E-state index contributed by atoms with van der Waals surface area (Å²) in [6.07, 6.45) is 2.40. The van der Waals surface area contributed by atoms with Crippen LogP contribution in [0.25, 0.3) is 0 Å². The predicted molar refractivity (Wildman–Crippen MR) is 91.3 cm³/mol. The maximum absolute atomic E-state index is 12.0. The number of aliphatic hydroxyl groups excluding tert-OH is 1. The van der Waals surface area contributed by atoms with Gasteiger partial charge in [0.2, 0.25) is 0 Å². The Morgan fingerprint density at radius 1 is 1.48 bits per heavy atom. The molecule has 0 aliphatic carbocycles. The van der Waals surface area contributed by atoms with Gasteiger partial charge in [-0.1, -0.05) is 19.4 Å². The van der Waals surface area contributed by atoms with E-state index in [1.807, 2.05) is 17.9 Å². The van der Waals surface area contributed by atoms with Crippen LogP contribution in [-0.2, 0) is 23.2 Å². The minimum atomic E-state index is -1.05. The number of β-amino-alcohol motifs (C(OH)–C–C–N with tert-alkyl or cyclic N) is 1. The number of aryl methyl sites for hydroxylation is 1. The highest BCUT2D eigenvalue weighted by molar-refractivity contribution is 5.75. The number of hydrogen-bond acceptors (Lipinski definition) is 5. The quantitative estimate of drug-likeness (QED) is 0.659. The molecule has 0 amide bonds. The van der Waals surface area contributed by atoms with Gasteiger partial charge in [-0.15, -0.1) is 0 Å². The molecule has 25 heavy (non-hydrogen) atoms. The molecule has 1 aromatic heterocycles. The molecular weight excluding hydrogens is 328 g/mol. The molecule has 8 heteroatoms. The van der Waals surface area contributed by atoms with E-state index in [0.717, 1.165) is 6.42 Å². The lowest BCUT2D eigenvalue weighted by Gasteiger charge is -2.42. The van der Waals surface area contributed by atoms with Crippen LogP contribution in [0.5, 0.6) is 0 Å². The first-order valence-corrected chi connectivity index (χ1v) is 8.18. The fraction of sp³-hybridized carbons (Fsp3) is 0.588. The average Bonchev–Trinajstić information content (AvgIpc) is 2.55. The topological polar surface area (TPSA) is 120 Å². The minimum Gasteiger partial charge on any atom is -0.483 e. The SMILES string of the molecule is CCC[C@]1(C(=O)O)CCN(Cc2cccn(C)c2=O)C[C@@H]1O.O=CO. The second kappa shape index (κ2) is 9.33. The number of aliphatic hydroxyl groups is 1. The zero-order valence-electron chi connectivity index (χ0n) is 14.6. The van der Waals surface area contributed by atoms with Crippen LogP contribution in [0, 0.1) is 5.41 Å². The van der Waals surface area contributed by atoms with Crippen molar-refractivity contribution in [3.63, 3.8) is 0 Å². The highest BCUT2D eigenvalue weighted by Gasteiger charge is 2.47. The van der Waals surface area contributed by atoms with Gasteiger partial charge in [0.15, 0.2) is 0 Å². The van der Waals surface area contributed by atoms with Gasteiger partial charge in [0.25, 0.3) is 12.0 Å². The fourth-order valence-corrected chi connectivity index (χ4v) is 3.29. The van der Waals surface area contributed by atoms with Crippen molar-refractivity contribution in [3.05, 3.63) is 34.2 Å². The summed E-state index contributed by atoms with van der Waals surface area (Å²) in [5, 5.41) is 26.8. The van der Waals surface area contributed by atoms with Gasteiger partial charge < -0.3 is 19.9 Å². The molecule has 0 aromatic carbocycles. The van der Waals surface area contributed by atoms with Crippen molar-refractivity contribution in [3.8, 4) is 0 Å². The molecule has 140 valence electrons. The lowest BCUT2D eigenvalue weighted by Crippen LogP contribution is -2.54. The van der Waals surface area contributed by atoms with Crippen LogP contribution in [0.4, 0.5) is 0 Å². The summed E-state index contributed by atoms with van der Waals surface area (Å²) in [6.45, 7) is 2.97. The molecule has 1 aliphatic heterocycles.